The second-order valence-corrected chi connectivity index (χ2v) is 8.79. The molecule has 9 heteroatoms. The molecule has 0 radical (unpaired) electrons. The molecule has 4 rings (SSSR count). The first-order valence-electron chi connectivity index (χ1n) is 10.8. The van der Waals surface area contributed by atoms with Crippen LogP contribution < -0.4 is 10.6 Å². The van der Waals surface area contributed by atoms with Crippen molar-refractivity contribution in [3.63, 3.8) is 0 Å². The number of pyridine rings is 1. The van der Waals surface area contributed by atoms with E-state index in [0.29, 0.717) is 17.3 Å². The van der Waals surface area contributed by atoms with E-state index in [1.165, 1.54) is 6.92 Å². The van der Waals surface area contributed by atoms with Crippen molar-refractivity contribution in [3.05, 3.63) is 29.2 Å². The van der Waals surface area contributed by atoms with Crippen LogP contribution in [0.15, 0.2) is 18.5 Å². The van der Waals surface area contributed by atoms with Crippen LogP contribution in [0.1, 0.15) is 44.7 Å². The monoisotopic (exact) mass is 445 g/mol. The van der Waals surface area contributed by atoms with Gasteiger partial charge in [0.05, 0.1) is 23.9 Å². The zero-order valence-electron chi connectivity index (χ0n) is 17.9. The molecule has 2 aliphatic rings. The number of nitrogens with one attached hydrogen (secondary N) is 2. The zero-order valence-corrected chi connectivity index (χ0v) is 18.6. The van der Waals surface area contributed by atoms with Crippen molar-refractivity contribution in [2.45, 2.75) is 64.1 Å². The predicted octanol–water partition coefficient (Wildman–Crippen LogP) is 3.19. The van der Waals surface area contributed by atoms with Crippen molar-refractivity contribution in [2.24, 2.45) is 5.92 Å². The Morgan fingerprint density at radius 2 is 2.06 bits per heavy atom. The van der Waals surface area contributed by atoms with Crippen LogP contribution in [-0.2, 0) is 27.3 Å². The second kappa shape index (κ2) is 9.36. The smallest absolute Gasteiger partial charge is 0.228 e. The van der Waals surface area contributed by atoms with Crippen molar-refractivity contribution >= 4 is 29.2 Å². The molecule has 0 aromatic carbocycles. The highest BCUT2D eigenvalue weighted by Crippen LogP contribution is 2.34. The lowest BCUT2D eigenvalue weighted by Crippen LogP contribution is -2.40. The van der Waals surface area contributed by atoms with Gasteiger partial charge in [-0.05, 0) is 38.2 Å². The number of carbonyl (C=O) groups is 2. The van der Waals surface area contributed by atoms with E-state index in [9.17, 15) is 9.59 Å². The van der Waals surface area contributed by atoms with E-state index < -0.39 is 0 Å². The van der Waals surface area contributed by atoms with Crippen molar-refractivity contribution in [2.75, 3.05) is 12.4 Å². The molecule has 3 unspecified atom stereocenters. The van der Waals surface area contributed by atoms with Crippen molar-refractivity contribution in [3.8, 4) is 11.1 Å². The van der Waals surface area contributed by atoms with Crippen LogP contribution in [0.5, 0.6) is 0 Å². The minimum Gasteiger partial charge on any atom is -0.380 e. The van der Waals surface area contributed by atoms with E-state index in [4.69, 9.17) is 16.3 Å². The van der Waals surface area contributed by atoms with Crippen LogP contribution >= 0.6 is 11.6 Å². The number of carbonyl (C=O) groups excluding carboxylic acids is 2. The number of methoxy groups -OCH3 is 1. The Morgan fingerprint density at radius 3 is 2.84 bits per heavy atom. The van der Waals surface area contributed by atoms with Gasteiger partial charge in [-0.1, -0.05) is 18.0 Å². The molecule has 0 bridgehead atoms. The summed E-state index contributed by atoms with van der Waals surface area (Å²) in [6.07, 6.45) is 8.59. The largest absolute Gasteiger partial charge is 0.380 e. The van der Waals surface area contributed by atoms with Crippen LogP contribution in [0, 0.1) is 5.92 Å². The Balaban J connectivity index is 1.49. The molecule has 2 aromatic heterocycles. The van der Waals surface area contributed by atoms with Gasteiger partial charge in [-0.25, -0.2) is 4.98 Å². The van der Waals surface area contributed by atoms with Gasteiger partial charge >= 0.3 is 0 Å². The van der Waals surface area contributed by atoms with E-state index in [2.05, 4.69) is 20.7 Å². The topological polar surface area (TPSA) is 98.1 Å². The maximum Gasteiger partial charge on any atom is 0.228 e. The molecule has 1 aliphatic carbocycles. The molecule has 0 saturated heterocycles. The van der Waals surface area contributed by atoms with Gasteiger partial charge in [0.15, 0.2) is 0 Å². The molecule has 3 atom stereocenters. The first-order valence-corrected chi connectivity index (χ1v) is 11.1. The lowest BCUT2D eigenvalue weighted by molar-refractivity contribution is -0.123. The molecule has 1 aliphatic heterocycles. The summed E-state index contributed by atoms with van der Waals surface area (Å²) in [6, 6.07) is 1.86. The number of amides is 2. The summed E-state index contributed by atoms with van der Waals surface area (Å²) in [5.74, 6) is 0.185. The first kappa shape index (κ1) is 21.8. The Kier molecular flexibility index (Phi) is 6.57. The fraction of sp³-hybridized carbons (Fsp3) is 0.545. The number of hydrogen-bond acceptors (Lipinski definition) is 5. The maximum absolute atomic E-state index is 12.9. The fourth-order valence-electron chi connectivity index (χ4n) is 4.62. The summed E-state index contributed by atoms with van der Waals surface area (Å²) >= 11 is 6.46. The van der Waals surface area contributed by atoms with Crippen LogP contribution in [-0.4, -0.2) is 45.8 Å². The van der Waals surface area contributed by atoms with Gasteiger partial charge in [-0.2, -0.15) is 5.10 Å². The molecule has 0 spiro atoms. The van der Waals surface area contributed by atoms with Crippen molar-refractivity contribution < 1.29 is 14.3 Å². The number of hydrogen-bond donors (Lipinski definition) is 2. The third-order valence-corrected chi connectivity index (χ3v) is 6.51. The molecule has 8 nitrogen and oxygen atoms in total. The second-order valence-electron chi connectivity index (χ2n) is 8.38. The van der Waals surface area contributed by atoms with E-state index in [1.54, 1.807) is 13.3 Å². The number of rotatable bonds is 5. The molecule has 1 fully saturated rings. The van der Waals surface area contributed by atoms with E-state index in [1.807, 2.05) is 16.9 Å². The van der Waals surface area contributed by atoms with Crippen LogP contribution in [0.3, 0.4) is 0 Å². The van der Waals surface area contributed by atoms with Gasteiger partial charge in [-0.3, -0.25) is 14.3 Å². The third kappa shape index (κ3) is 4.91. The summed E-state index contributed by atoms with van der Waals surface area (Å²) in [5, 5.41) is 10.9. The lowest BCUT2D eigenvalue weighted by atomic mass is 9.85. The average molecular weight is 446 g/mol. The quantitative estimate of drug-likeness (QED) is 0.736. The normalized spacial score (nSPS) is 23.1. The summed E-state index contributed by atoms with van der Waals surface area (Å²) in [7, 11) is 1.72. The molecular weight excluding hydrogens is 418 g/mol. The number of anilines is 1. The minimum atomic E-state index is -0.151. The first-order chi connectivity index (χ1) is 14.9. The molecule has 2 amide bonds. The minimum absolute atomic E-state index is 0.0469. The van der Waals surface area contributed by atoms with Gasteiger partial charge in [0.25, 0.3) is 0 Å². The molecular formula is C22H28ClN5O3. The summed E-state index contributed by atoms with van der Waals surface area (Å²) in [5.41, 5.74) is 2.88. The van der Waals surface area contributed by atoms with Gasteiger partial charge < -0.3 is 15.4 Å². The number of aromatic nitrogens is 3. The number of ether oxygens (including phenoxy) is 1. The van der Waals surface area contributed by atoms with E-state index >= 15 is 0 Å². The highest BCUT2D eigenvalue weighted by atomic mass is 35.5. The molecule has 2 aromatic rings. The highest BCUT2D eigenvalue weighted by molar-refractivity contribution is 6.33. The lowest BCUT2D eigenvalue weighted by Gasteiger charge is -2.28. The highest BCUT2D eigenvalue weighted by Gasteiger charge is 2.28. The van der Waals surface area contributed by atoms with Gasteiger partial charge in [0, 0.05) is 49.0 Å². The summed E-state index contributed by atoms with van der Waals surface area (Å²) < 4.78 is 7.43. The Labute approximate surface area is 186 Å². The summed E-state index contributed by atoms with van der Waals surface area (Å²) in [6.45, 7) is 2.23. The Bertz CT molecular complexity index is 976. The summed E-state index contributed by atoms with van der Waals surface area (Å²) in [4.78, 5) is 28.5. The average Bonchev–Trinajstić information content (AvgIpc) is 3.17. The number of halogens is 1. The number of nitrogens with zero attached hydrogens (tertiary/aromatic N) is 3. The van der Waals surface area contributed by atoms with Crippen LogP contribution in [0.4, 0.5) is 5.82 Å². The standard InChI is InChI=1S/C22H28ClN5O3/c1-13(29)26-15-5-3-4-14(8-15)22(30)27-21-9-17(19(23)11-24-21)18-10-25-28-12-16(31-2)6-7-20(18)28/h9-11,14-16H,3-8,12H2,1-2H3,(H,26,29)(H,24,27,30). The SMILES string of the molecule is COC1CCc2c(-c3cc(NC(=O)C4CCCC(NC(C)=O)C4)ncc3Cl)cnn2C1. The van der Waals surface area contributed by atoms with Gasteiger partial charge in [0.2, 0.25) is 11.8 Å². The maximum atomic E-state index is 12.9. The molecule has 2 N–H and O–H groups in total. The zero-order chi connectivity index (χ0) is 22.0. The van der Waals surface area contributed by atoms with E-state index in [-0.39, 0.29) is 29.9 Å². The van der Waals surface area contributed by atoms with Crippen molar-refractivity contribution in [1.82, 2.24) is 20.1 Å². The Morgan fingerprint density at radius 1 is 1.23 bits per heavy atom. The van der Waals surface area contributed by atoms with Crippen molar-refractivity contribution in [1.29, 1.82) is 0 Å². The number of fused-ring (bicyclic) bond motifs is 1. The van der Waals surface area contributed by atoms with Crippen LogP contribution in [0.2, 0.25) is 5.02 Å². The fourth-order valence-corrected chi connectivity index (χ4v) is 4.82. The molecule has 1 saturated carbocycles. The van der Waals surface area contributed by atoms with Crippen LogP contribution in [0.25, 0.3) is 11.1 Å². The van der Waals surface area contributed by atoms with Gasteiger partial charge in [0.1, 0.15) is 5.82 Å². The third-order valence-electron chi connectivity index (χ3n) is 6.21. The molecule has 31 heavy (non-hydrogen) atoms. The molecule has 166 valence electrons. The predicted molar refractivity (Wildman–Crippen MR) is 118 cm³/mol. The van der Waals surface area contributed by atoms with E-state index in [0.717, 1.165) is 55.5 Å². The molecule has 3 heterocycles. The van der Waals surface area contributed by atoms with Gasteiger partial charge in [-0.15, -0.1) is 0 Å². The Hall–Kier alpha value is -2.45.